The van der Waals surface area contributed by atoms with Gasteiger partial charge < -0.3 is 0 Å². The van der Waals surface area contributed by atoms with Crippen LogP contribution >= 0.6 is 86.9 Å². The van der Waals surface area contributed by atoms with Crippen molar-refractivity contribution in [3.05, 3.63) is 0 Å². The summed E-state index contributed by atoms with van der Waals surface area (Å²) in [5, 5.41) is 0. The van der Waals surface area contributed by atoms with E-state index in [2.05, 4.69) is 31.9 Å². The summed E-state index contributed by atoms with van der Waals surface area (Å²) in [5.74, 6) is 0. The number of halogens is 10. The summed E-state index contributed by atoms with van der Waals surface area (Å²) in [6.45, 7) is 0. The molecule has 0 saturated carbocycles. The number of hydrogen-bond acceptors (Lipinski definition) is 0. The van der Waals surface area contributed by atoms with Crippen molar-refractivity contribution in [1.82, 2.24) is 0 Å². The maximum atomic E-state index is 13.5. The van der Waals surface area contributed by atoms with Crippen LogP contribution in [0.15, 0.2) is 0 Å². The minimum absolute atomic E-state index is 1.71. The molecule has 0 radical (unpaired) electrons. The molecular weight excluding hydrogens is 515 g/mol. The molecule has 0 bridgehead atoms. The normalized spacial score (nSPS) is 26.1. The van der Waals surface area contributed by atoms with Crippen LogP contribution < -0.4 is 0 Å². The molecule has 0 nitrogen and oxygen atoms in total. The summed E-state index contributed by atoms with van der Waals surface area (Å²) in [7, 11) is 0. The summed E-state index contributed by atoms with van der Waals surface area (Å²) < 4.78 is 42.1. The van der Waals surface area contributed by atoms with Gasteiger partial charge in [0.05, 0.1) is 0 Å². The van der Waals surface area contributed by atoms with E-state index in [0.717, 1.165) is 0 Å². The molecule has 0 aliphatic rings. The second-order valence-corrected chi connectivity index (χ2v) is 8.52. The fourth-order valence-corrected chi connectivity index (χ4v) is 2.46. The summed E-state index contributed by atoms with van der Waals surface area (Å²) in [6, 6.07) is 0. The van der Waals surface area contributed by atoms with E-state index >= 15 is 0 Å². The molecular formula is C4Br4Cl2F4. The lowest BCUT2D eigenvalue weighted by Gasteiger charge is -2.38. The Labute approximate surface area is 121 Å². The molecule has 0 aromatic heterocycles. The van der Waals surface area contributed by atoms with Crippen molar-refractivity contribution in [3.63, 3.8) is 0 Å². The quantitative estimate of drug-likeness (QED) is 0.339. The van der Waals surface area contributed by atoms with E-state index in [1.807, 2.05) is 15.9 Å². The summed E-state index contributed by atoms with van der Waals surface area (Å²) in [6.07, 6.45) is 0. The predicted molar refractivity (Wildman–Crippen MR) is 62.8 cm³/mol. The predicted octanol–water partition coefficient (Wildman–Crippen LogP) is 5.62. The van der Waals surface area contributed by atoms with Crippen LogP contribution in [0.1, 0.15) is 0 Å². The fourth-order valence-electron chi connectivity index (χ4n) is 0.356. The van der Waals surface area contributed by atoms with E-state index in [1.54, 1.807) is 15.9 Å². The van der Waals surface area contributed by atoms with E-state index in [9.17, 15) is 17.6 Å². The van der Waals surface area contributed by atoms with Gasteiger partial charge in [-0.1, -0.05) is 39.1 Å². The van der Waals surface area contributed by atoms with Crippen molar-refractivity contribution in [2.75, 3.05) is 0 Å². The molecule has 3 unspecified atom stereocenters. The van der Waals surface area contributed by atoms with Crippen LogP contribution in [0.5, 0.6) is 0 Å². The molecule has 0 rings (SSSR count). The molecule has 0 aliphatic carbocycles. The van der Waals surface area contributed by atoms with Gasteiger partial charge in [-0.3, -0.25) is 0 Å². The third-order valence-electron chi connectivity index (χ3n) is 1.11. The van der Waals surface area contributed by atoms with Gasteiger partial charge in [-0.15, -0.1) is 0 Å². The van der Waals surface area contributed by atoms with Crippen LogP contribution in [0.4, 0.5) is 17.6 Å². The Balaban J connectivity index is 5.30. The van der Waals surface area contributed by atoms with E-state index < -0.39 is 17.2 Å². The van der Waals surface area contributed by atoms with Crippen molar-refractivity contribution in [2.45, 2.75) is 17.2 Å². The van der Waals surface area contributed by atoms with Gasteiger partial charge in [-0.2, -0.15) is 8.78 Å². The monoisotopic (exact) mass is 510 g/mol. The third kappa shape index (κ3) is 2.91. The first-order chi connectivity index (χ1) is 5.75. The lowest BCUT2D eigenvalue weighted by Crippen LogP contribution is -2.54. The Bertz CT molecular complexity index is 196. The van der Waals surface area contributed by atoms with Crippen LogP contribution in [-0.4, -0.2) is 17.2 Å². The van der Waals surface area contributed by atoms with Gasteiger partial charge in [-0.25, -0.2) is 8.78 Å². The average molecular weight is 515 g/mol. The smallest absolute Gasteiger partial charge is 0.220 e. The number of rotatable bonds is 3. The Morgan fingerprint density at radius 1 is 0.786 bits per heavy atom. The first-order valence-corrected chi connectivity index (χ1v) is 6.57. The van der Waals surface area contributed by atoms with E-state index in [1.165, 1.54) is 0 Å². The SMILES string of the molecule is FC(F)(Br)C(F)(Br)C(Cl)(Br)C(F)(Cl)Br. The van der Waals surface area contributed by atoms with Crippen LogP contribution in [0.3, 0.4) is 0 Å². The third-order valence-corrected chi connectivity index (χ3v) is 7.62. The van der Waals surface area contributed by atoms with Gasteiger partial charge in [0.2, 0.25) is 3.78 Å². The van der Waals surface area contributed by atoms with Crippen molar-refractivity contribution in [2.24, 2.45) is 0 Å². The highest BCUT2D eigenvalue weighted by molar-refractivity contribution is 9.15. The summed E-state index contributed by atoms with van der Waals surface area (Å²) in [5.41, 5.74) is 0. The molecule has 0 aromatic rings. The molecule has 0 fully saturated rings. The van der Waals surface area contributed by atoms with Crippen LogP contribution in [-0.2, 0) is 0 Å². The van der Waals surface area contributed by atoms with Gasteiger partial charge >= 0.3 is 4.83 Å². The molecule has 0 spiro atoms. The second kappa shape index (κ2) is 4.48. The standard InChI is InChI=1S/C4Br4Cl2F4/c5-1(9,3(7,10)12)2(6,11)4(8,13)14. The van der Waals surface area contributed by atoms with Crippen molar-refractivity contribution < 1.29 is 17.6 Å². The molecule has 0 aliphatic heterocycles. The molecule has 0 heterocycles. The number of alkyl halides is 10. The lowest BCUT2D eigenvalue weighted by molar-refractivity contribution is -0.00987. The van der Waals surface area contributed by atoms with Crippen molar-refractivity contribution in [3.8, 4) is 0 Å². The van der Waals surface area contributed by atoms with E-state index in [4.69, 9.17) is 23.2 Å². The van der Waals surface area contributed by atoms with Crippen LogP contribution in [0.25, 0.3) is 0 Å². The second-order valence-electron chi connectivity index (χ2n) is 2.14. The minimum Gasteiger partial charge on any atom is -0.220 e. The van der Waals surface area contributed by atoms with Crippen molar-refractivity contribution in [1.29, 1.82) is 0 Å². The van der Waals surface area contributed by atoms with Crippen LogP contribution in [0, 0.1) is 0 Å². The highest BCUT2D eigenvalue weighted by Gasteiger charge is 2.71. The molecule has 0 N–H and O–H groups in total. The zero-order valence-electron chi connectivity index (χ0n) is 5.78. The maximum absolute atomic E-state index is 13.5. The van der Waals surface area contributed by atoms with Gasteiger partial charge in [0.1, 0.15) is 0 Å². The highest BCUT2D eigenvalue weighted by Crippen LogP contribution is 2.62. The maximum Gasteiger partial charge on any atom is 0.347 e. The topological polar surface area (TPSA) is 0 Å². The zero-order valence-corrected chi connectivity index (χ0v) is 13.6. The van der Waals surface area contributed by atoms with Crippen molar-refractivity contribution >= 4 is 86.9 Å². The fraction of sp³-hybridized carbons (Fsp3) is 1.00. The van der Waals surface area contributed by atoms with Gasteiger partial charge in [0.25, 0.3) is 8.62 Å². The van der Waals surface area contributed by atoms with Gasteiger partial charge in [-0.05, 0) is 47.8 Å². The first-order valence-electron chi connectivity index (χ1n) is 2.64. The first kappa shape index (κ1) is 16.2. The molecule has 0 amide bonds. The molecule has 3 atom stereocenters. The Hall–Kier alpha value is 2.22. The zero-order chi connectivity index (χ0) is 12.0. The largest absolute Gasteiger partial charge is 0.347 e. The molecule has 14 heavy (non-hydrogen) atoms. The molecule has 0 saturated heterocycles. The van der Waals surface area contributed by atoms with Crippen LogP contribution in [0.2, 0.25) is 0 Å². The Kier molecular flexibility index (Phi) is 5.19. The minimum atomic E-state index is -4.13. The Morgan fingerprint density at radius 2 is 1.07 bits per heavy atom. The van der Waals surface area contributed by atoms with Gasteiger partial charge in [0.15, 0.2) is 0 Å². The summed E-state index contributed by atoms with van der Waals surface area (Å²) >= 11 is 18.2. The summed E-state index contributed by atoms with van der Waals surface area (Å²) in [4.78, 5) is -4.13. The van der Waals surface area contributed by atoms with Gasteiger partial charge in [0, 0.05) is 0 Å². The van der Waals surface area contributed by atoms with E-state index in [-0.39, 0.29) is 0 Å². The van der Waals surface area contributed by atoms with E-state index in [0.29, 0.717) is 0 Å². The molecule has 10 heteroatoms. The average Bonchev–Trinajstić information content (AvgIpc) is 1.81. The lowest BCUT2D eigenvalue weighted by atomic mass is 10.3. The molecule has 0 aromatic carbocycles. The highest BCUT2D eigenvalue weighted by atomic mass is 79.9. The molecule has 86 valence electrons. The number of hydrogen-bond donors (Lipinski definition) is 0. The Morgan fingerprint density at radius 3 is 1.14 bits per heavy atom.